The molecule has 0 aromatic carbocycles. The molecule has 25 heavy (non-hydrogen) atoms. The van der Waals surface area contributed by atoms with E-state index in [1.54, 1.807) is 18.7 Å². The molecular weight excluding hydrogens is 371 g/mol. The molecule has 11 heteroatoms. The van der Waals surface area contributed by atoms with Gasteiger partial charge in [-0.2, -0.15) is 11.8 Å². The first-order valence-corrected chi connectivity index (χ1v) is 10.3. The number of hydrogen-bond donors (Lipinski definition) is 4. The number of hydrogen-bond acceptors (Lipinski definition) is 8. The Morgan fingerprint density at radius 2 is 2.16 bits per heavy atom. The second kappa shape index (κ2) is 10.1. The maximum Gasteiger partial charge on any atom is 0.469 e. The molecule has 0 saturated heterocycles. The Morgan fingerprint density at radius 1 is 1.48 bits per heavy atom. The highest BCUT2D eigenvalue weighted by atomic mass is 32.2. The summed E-state index contributed by atoms with van der Waals surface area (Å²) >= 11 is 1.59. The summed E-state index contributed by atoms with van der Waals surface area (Å²) < 4.78 is 20.1. The number of aromatic hydroxyl groups is 1. The third-order valence-corrected chi connectivity index (χ3v) is 4.55. The molecule has 0 amide bonds. The fourth-order valence-corrected chi connectivity index (χ4v) is 2.84. The predicted molar refractivity (Wildman–Crippen MR) is 93.1 cm³/mol. The molecule has 1 heterocycles. The number of esters is 1. The zero-order chi connectivity index (χ0) is 19.0. The first kappa shape index (κ1) is 21.9. The summed E-state index contributed by atoms with van der Waals surface area (Å²) in [6, 6.07) is -0.569. The monoisotopic (exact) mass is 394 g/mol. The molecule has 0 bridgehead atoms. The highest BCUT2D eigenvalue weighted by Gasteiger charge is 2.21. The lowest BCUT2D eigenvalue weighted by Crippen LogP contribution is -2.38. The van der Waals surface area contributed by atoms with E-state index in [2.05, 4.69) is 14.8 Å². The highest BCUT2D eigenvalue weighted by Crippen LogP contribution is 2.38. The van der Waals surface area contributed by atoms with Gasteiger partial charge in [0.05, 0.1) is 19.4 Å². The van der Waals surface area contributed by atoms with E-state index >= 15 is 0 Å². The smallest absolute Gasteiger partial charge is 0.469 e. The van der Waals surface area contributed by atoms with Crippen molar-refractivity contribution in [1.29, 1.82) is 0 Å². The normalized spacial score (nSPS) is 12.8. The molecule has 0 aliphatic heterocycles. The quantitative estimate of drug-likeness (QED) is 0.337. The Kier molecular flexibility index (Phi) is 8.84. The third-order valence-electron chi connectivity index (χ3n) is 3.44. The van der Waals surface area contributed by atoms with Crippen LogP contribution in [0.4, 0.5) is 0 Å². The van der Waals surface area contributed by atoms with Crippen LogP contribution in [0.15, 0.2) is 6.20 Å². The van der Waals surface area contributed by atoms with Crippen LogP contribution in [0.1, 0.15) is 23.2 Å². The summed E-state index contributed by atoms with van der Waals surface area (Å²) in [6.45, 7) is 1.26. The Balaban J connectivity index is 2.95. The molecule has 0 aliphatic carbocycles. The van der Waals surface area contributed by atoms with Gasteiger partial charge in [0.25, 0.3) is 0 Å². The Morgan fingerprint density at radius 3 is 2.72 bits per heavy atom. The van der Waals surface area contributed by atoms with Gasteiger partial charge in [-0.1, -0.05) is 0 Å². The fraction of sp³-hybridized carbons (Fsp3) is 0.571. The number of methoxy groups -OCH3 is 1. The molecule has 0 radical (unpaired) electrons. The van der Waals surface area contributed by atoms with Crippen LogP contribution in [0.5, 0.6) is 5.75 Å². The molecule has 9 nitrogen and oxygen atoms in total. The van der Waals surface area contributed by atoms with Gasteiger partial charge < -0.3 is 24.9 Å². The van der Waals surface area contributed by atoms with Crippen molar-refractivity contribution >= 4 is 25.6 Å². The number of phosphoric ester groups is 1. The molecule has 0 saturated carbocycles. The van der Waals surface area contributed by atoms with Crippen molar-refractivity contribution in [3.8, 4) is 5.75 Å². The standard InChI is InChI=1S/C14H23N2O7PS/c1-9-13(17)11(10(6-15-9)8-23-24(19,20)21)7-16-12(4-5-25-3)14(18)22-2/h6,12,16-17H,4-5,7-8H2,1-3H3,(H2,19,20,21)/t12-/m0/s1. The second-order valence-electron chi connectivity index (χ2n) is 5.20. The molecule has 1 rings (SSSR count). The number of phosphoric acid groups is 1. The number of aromatic nitrogens is 1. The lowest BCUT2D eigenvalue weighted by atomic mass is 10.1. The maximum atomic E-state index is 11.8. The Labute approximate surface area is 150 Å². The van der Waals surface area contributed by atoms with Gasteiger partial charge in [0, 0.05) is 23.9 Å². The van der Waals surface area contributed by atoms with Crippen molar-refractivity contribution in [2.75, 3.05) is 19.1 Å². The first-order valence-electron chi connectivity index (χ1n) is 7.36. The minimum Gasteiger partial charge on any atom is -0.506 e. The summed E-state index contributed by atoms with van der Waals surface area (Å²) in [6.07, 6.45) is 3.83. The van der Waals surface area contributed by atoms with Crippen LogP contribution in [0.3, 0.4) is 0 Å². The summed E-state index contributed by atoms with van der Waals surface area (Å²) in [5.74, 6) is 0.197. The van der Waals surface area contributed by atoms with E-state index in [1.165, 1.54) is 13.3 Å². The van der Waals surface area contributed by atoms with Crippen molar-refractivity contribution < 1.29 is 33.5 Å². The lowest BCUT2D eigenvalue weighted by Gasteiger charge is -2.19. The van der Waals surface area contributed by atoms with E-state index in [0.29, 0.717) is 23.2 Å². The largest absolute Gasteiger partial charge is 0.506 e. The number of carbonyl (C=O) groups is 1. The van der Waals surface area contributed by atoms with Crippen molar-refractivity contribution in [2.45, 2.75) is 32.5 Å². The van der Waals surface area contributed by atoms with Crippen LogP contribution in [-0.4, -0.2) is 51.0 Å². The van der Waals surface area contributed by atoms with Gasteiger partial charge in [0.15, 0.2) is 0 Å². The summed E-state index contributed by atoms with van der Waals surface area (Å²) in [7, 11) is -3.36. The summed E-state index contributed by atoms with van der Waals surface area (Å²) in [5, 5.41) is 13.2. The van der Waals surface area contributed by atoms with Gasteiger partial charge in [0.2, 0.25) is 0 Å². The van der Waals surface area contributed by atoms with Gasteiger partial charge in [-0.3, -0.25) is 14.3 Å². The van der Waals surface area contributed by atoms with Crippen LogP contribution in [0.25, 0.3) is 0 Å². The zero-order valence-electron chi connectivity index (χ0n) is 14.3. The van der Waals surface area contributed by atoms with Gasteiger partial charge in [-0.25, -0.2) is 4.57 Å². The number of thioether (sulfide) groups is 1. The van der Waals surface area contributed by atoms with E-state index in [0.717, 1.165) is 5.75 Å². The van der Waals surface area contributed by atoms with Crippen molar-refractivity contribution in [2.24, 2.45) is 0 Å². The molecular formula is C14H23N2O7PS. The molecule has 0 aliphatic rings. The molecule has 1 aromatic heterocycles. The van der Waals surface area contributed by atoms with Crippen molar-refractivity contribution in [1.82, 2.24) is 10.3 Å². The predicted octanol–water partition coefficient (Wildman–Crippen LogP) is 1.09. The van der Waals surface area contributed by atoms with Gasteiger partial charge in [0.1, 0.15) is 11.8 Å². The number of nitrogens with one attached hydrogen (secondary N) is 1. The van der Waals surface area contributed by atoms with E-state index in [1.807, 2.05) is 6.26 Å². The van der Waals surface area contributed by atoms with Crippen LogP contribution >= 0.6 is 19.6 Å². The minimum absolute atomic E-state index is 0.0865. The van der Waals surface area contributed by atoms with Gasteiger partial charge >= 0.3 is 13.8 Å². The Bertz CT molecular complexity index is 638. The number of nitrogens with zero attached hydrogens (tertiary/aromatic N) is 1. The molecule has 0 spiro atoms. The molecule has 1 atom stereocenters. The zero-order valence-corrected chi connectivity index (χ0v) is 16.0. The van der Waals surface area contributed by atoms with E-state index in [-0.39, 0.29) is 12.3 Å². The molecule has 142 valence electrons. The van der Waals surface area contributed by atoms with E-state index in [4.69, 9.17) is 14.5 Å². The van der Waals surface area contributed by atoms with Crippen LogP contribution in [-0.2, 0) is 31.8 Å². The van der Waals surface area contributed by atoms with Crippen molar-refractivity contribution in [3.05, 3.63) is 23.0 Å². The first-order chi connectivity index (χ1) is 11.7. The molecule has 4 N–H and O–H groups in total. The summed E-state index contributed by atoms with van der Waals surface area (Å²) in [4.78, 5) is 33.5. The maximum absolute atomic E-state index is 11.8. The van der Waals surface area contributed by atoms with Crippen molar-refractivity contribution in [3.63, 3.8) is 0 Å². The molecule has 0 unspecified atom stereocenters. The fourth-order valence-electron chi connectivity index (χ4n) is 2.07. The highest BCUT2D eigenvalue weighted by molar-refractivity contribution is 7.98. The number of aryl methyl sites for hydroxylation is 1. The Hall–Kier alpha value is -1.16. The molecule has 0 fully saturated rings. The van der Waals surface area contributed by atoms with Crippen LogP contribution < -0.4 is 5.32 Å². The lowest BCUT2D eigenvalue weighted by molar-refractivity contribution is -0.143. The topological polar surface area (TPSA) is 138 Å². The second-order valence-corrected chi connectivity index (χ2v) is 7.42. The average molecular weight is 394 g/mol. The SMILES string of the molecule is COC(=O)[C@H](CCSC)NCc1c(COP(=O)(O)O)cnc(C)c1O. The van der Waals surface area contributed by atoms with E-state index in [9.17, 15) is 14.5 Å². The number of rotatable bonds is 10. The number of ether oxygens (including phenoxy) is 1. The molecule has 1 aromatic rings. The average Bonchev–Trinajstić information content (AvgIpc) is 2.55. The number of carbonyl (C=O) groups excluding carboxylic acids is 1. The van der Waals surface area contributed by atoms with Crippen LogP contribution in [0, 0.1) is 6.92 Å². The number of pyridine rings is 1. The van der Waals surface area contributed by atoms with Crippen LogP contribution in [0.2, 0.25) is 0 Å². The van der Waals surface area contributed by atoms with Gasteiger partial charge in [-0.05, 0) is 25.4 Å². The summed E-state index contributed by atoms with van der Waals surface area (Å²) in [5.41, 5.74) is 1.03. The third kappa shape index (κ3) is 7.31. The minimum atomic E-state index is -4.66. The van der Waals surface area contributed by atoms with E-state index < -0.39 is 26.4 Å². The van der Waals surface area contributed by atoms with Gasteiger partial charge in [-0.15, -0.1) is 0 Å².